The van der Waals surface area contributed by atoms with Gasteiger partial charge in [0, 0.05) is 0 Å². The Labute approximate surface area is 133 Å². The van der Waals surface area contributed by atoms with Crippen LogP contribution in [0.4, 0.5) is 0 Å². The molecule has 4 rings (SSSR count). The van der Waals surface area contributed by atoms with Crippen LogP contribution in [0.15, 0.2) is 76.9 Å². The third-order valence-corrected chi connectivity index (χ3v) is 3.63. The van der Waals surface area contributed by atoms with Crippen molar-refractivity contribution >= 4 is 34.2 Å². The molecule has 0 saturated carbocycles. The van der Waals surface area contributed by atoms with E-state index < -0.39 is 0 Å². The average Bonchev–Trinajstić information content (AvgIpc) is 3.01. The van der Waals surface area contributed by atoms with Gasteiger partial charge in [-0.15, -0.1) is 0 Å². The fourth-order valence-electron chi connectivity index (χ4n) is 2.51. The number of hydrogen-bond acceptors (Lipinski definition) is 3. The molecule has 0 aliphatic rings. The zero-order valence-corrected chi connectivity index (χ0v) is 12.3. The standard InChI is InChI=1S/C19H14N4/c1-2-6-16-11-14(9-10-15(16)5-1)12-20-21-13-19-22-17-7-3-4-8-18(17)23-19/h1-13H,(H,22,23)/b20-12+,21-13+. The van der Waals surface area contributed by atoms with Gasteiger partial charge in [-0.05, 0) is 34.5 Å². The highest BCUT2D eigenvalue weighted by atomic mass is 15.2. The number of nitrogens with zero attached hydrogens (tertiary/aromatic N) is 3. The third kappa shape index (κ3) is 2.87. The van der Waals surface area contributed by atoms with E-state index in [-0.39, 0.29) is 0 Å². The lowest BCUT2D eigenvalue weighted by atomic mass is 10.1. The molecule has 0 unspecified atom stereocenters. The monoisotopic (exact) mass is 298 g/mol. The Morgan fingerprint density at radius 1 is 0.783 bits per heavy atom. The summed E-state index contributed by atoms with van der Waals surface area (Å²) in [4.78, 5) is 7.60. The first-order valence-electron chi connectivity index (χ1n) is 7.38. The molecular formula is C19H14N4. The van der Waals surface area contributed by atoms with E-state index in [9.17, 15) is 0 Å². The van der Waals surface area contributed by atoms with Gasteiger partial charge >= 0.3 is 0 Å². The largest absolute Gasteiger partial charge is 0.337 e. The fraction of sp³-hybridized carbons (Fsp3) is 0. The van der Waals surface area contributed by atoms with E-state index in [1.165, 1.54) is 10.8 Å². The number of rotatable bonds is 3. The molecular weight excluding hydrogens is 284 g/mol. The summed E-state index contributed by atoms with van der Waals surface area (Å²) in [6.07, 6.45) is 3.36. The van der Waals surface area contributed by atoms with Crippen molar-refractivity contribution in [2.45, 2.75) is 0 Å². The Bertz CT molecular complexity index is 995. The van der Waals surface area contributed by atoms with E-state index in [4.69, 9.17) is 0 Å². The van der Waals surface area contributed by atoms with E-state index in [1.807, 2.05) is 42.5 Å². The molecule has 0 radical (unpaired) electrons. The molecule has 3 aromatic carbocycles. The normalized spacial score (nSPS) is 12.0. The van der Waals surface area contributed by atoms with Crippen LogP contribution in [0, 0.1) is 0 Å². The molecule has 4 heteroatoms. The van der Waals surface area contributed by atoms with Crippen LogP contribution in [0.5, 0.6) is 0 Å². The molecule has 0 aliphatic heterocycles. The quantitative estimate of drug-likeness (QED) is 0.448. The number of benzene rings is 3. The first kappa shape index (κ1) is 13.4. The van der Waals surface area contributed by atoms with Gasteiger partial charge in [-0.3, -0.25) is 0 Å². The highest BCUT2D eigenvalue weighted by Crippen LogP contribution is 2.14. The summed E-state index contributed by atoms with van der Waals surface area (Å²) in [6.45, 7) is 0. The summed E-state index contributed by atoms with van der Waals surface area (Å²) >= 11 is 0. The number of hydrogen-bond donors (Lipinski definition) is 1. The predicted octanol–water partition coefficient (Wildman–Crippen LogP) is 4.17. The van der Waals surface area contributed by atoms with Crippen LogP contribution in [-0.2, 0) is 0 Å². The molecule has 0 amide bonds. The van der Waals surface area contributed by atoms with Crippen LogP contribution >= 0.6 is 0 Å². The lowest BCUT2D eigenvalue weighted by Crippen LogP contribution is -1.84. The van der Waals surface area contributed by atoms with Crippen molar-refractivity contribution in [3.8, 4) is 0 Å². The maximum Gasteiger partial charge on any atom is 0.151 e. The Morgan fingerprint density at radius 2 is 1.57 bits per heavy atom. The Morgan fingerprint density at radius 3 is 2.48 bits per heavy atom. The van der Waals surface area contributed by atoms with Gasteiger partial charge in [-0.25, -0.2) is 4.98 Å². The fourth-order valence-corrected chi connectivity index (χ4v) is 2.51. The van der Waals surface area contributed by atoms with Gasteiger partial charge in [-0.1, -0.05) is 48.5 Å². The maximum atomic E-state index is 4.42. The highest BCUT2D eigenvalue weighted by Gasteiger charge is 1.98. The second-order valence-corrected chi connectivity index (χ2v) is 5.23. The molecule has 23 heavy (non-hydrogen) atoms. The molecule has 1 N–H and O–H groups in total. The molecule has 4 aromatic rings. The molecule has 0 spiro atoms. The second-order valence-electron chi connectivity index (χ2n) is 5.23. The Hall–Kier alpha value is -3.27. The van der Waals surface area contributed by atoms with E-state index in [0.717, 1.165) is 16.6 Å². The van der Waals surface area contributed by atoms with Gasteiger partial charge in [-0.2, -0.15) is 10.2 Å². The predicted molar refractivity (Wildman–Crippen MR) is 95.2 cm³/mol. The number of H-pyrrole nitrogens is 1. The SMILES string of the molecule is C(=N\N=C\c1nc2ccccc2[nH]1)/c1ccc2ccccc2c1. The van der Waals surface area contributed by atoms with Crippen LogP contribution in [0.3, 0.4) is 0 Å². The van der Waals surface area contributed by atoms with Crippen LogP contribution in [0.2, 0.25) is 0 Å². The van der Waals surface area contributed by atoms with Gasteiger partial charge in [0.2, 0.25) is 0 Å². The number of fused-ring (bicyclic) bond motifs is 2. The third-order valence-electron chi connectivity index (χ3n) is 3.63. The average molecular weight is 298 g/mol. The molecule has 1 aromatic heterocycles. The molecule has 110 valence electrons. The lowest BCUT2D eigenvalue weighted by molar-refractivity contribution is 1.23. The van der Waals surface area contributed by atoms with Gasteiger partial charge in [0.1, 0.15) is 0 Å². The van der Waals surface area contributed by atoms with Crippen molar-refractivity contribution in [3.05, 3.63) is 78.1 Å². The van der Waals surface area contributed by atoms with Crippen LogP contribution < -0.4 is 0 Å². The van der Waals surface area contributed by atoms with E-state index in [2.05, 4.69) is 44.4 Å². The Balaban J connectivity index is 1.53. The number of aromatic nitrogens is 2. The summed E-state index contributed by atoms with van der Waals surface area (Å²) in [6, 6.07) is 22.3. The van der Waals surface area contributed by atoms with Crippen molar-refractivity contribution in [2.24, 2.45) is 10.2 Å². The minimum absolute atomic E-state index is 0.696. The molecule has 0 aliphatic carbocycles. The summed E-state index contributed by atoms with van der Waals surface area (Å²) in [5.74, 6) is 0.696. The highest BCUT2D eigenvalue weighted by molar-refractivity contribution is 5.90. The van der Waals surface area contributed by atoms with Crippen molar-refractivity contribution in [1.29, 1.82) is 0 Å². The zero-order valence-electron chi connectivity index (χ0n) is 12.3. The minimum Gasteiger partial charge on any atom is -0.337 e. The molecule has 0 atom stereocenters. The molecule has 4 nitrogen and oxygen atoms in total. The topological polar surface area (TPSA) is 53.4 Å². The van der Waals surface area contributed by atoms with Gasteiger partial charge < -0.3 is 4.98 Å². The van der Waals surface area contributed by atoms with Crippen molar-refractivity contribution in [3.63, 3.8) is 0 Å². The number of para-hydroxylation sites is 2. The molecule has 1 heterocycles. The second kappa shape index (κ2) is 5.85. The number of aromatic amines is 1. The van der Waals surface area contributed by atoms with Crippen molar-refractivity contribution in [2.75, 3.05) is 0 Å². The lowest BCUT2D eigenvalue weighted by Gasteiger charge is -1.97. The van der Waals surface area contributed by atoms with E-state index in [1.54, 1.807) is 12.4 Å². The van der Waals surface area contributed by atoms with Crippen LogP contribution in [0.1, 0.15) is 11.4 Å². The summed E-state index contributed by atoms with van der Waals surface area (Å²) < 4.78 is 0. The maximum absolute atomic E-state index is 4.42. The first-order valence-corrected chi connectivity index (χ1v) is 7.38. The van der Waals surface area contributed by atoms with E-state index >= 15 is 0 Å². The number of nitrogens with one attached hydrogen (secondary N) is 1. The number of imidazole rings is 1. The van der Waals surface area contributed by atoms with Crippen LogP contribution in [0.25, 0.3) is 21.8 Å². The molecule has 0 saturated heterocycles. The van der Waals surface area contributed by atoms with Crippen molar-refractivity contribution in [1.82, 2.24) is 9.97 Å². The molecule has 0 fully saturated rings. The smallest absolute Gasteiger partial charge is 0.151 e. The van der Waals surface area contributed by atoms with E-state index in [0.29, 0.717) is 5.82 Å². The van der Waals surface area contributed by atoms with Gasteiger partial charge in [0.05, 0.1) is 23.5 Å². The summed E-state index contributed by atoms with van der Waals surface area (Å²) in [7, 11) is 0. The van der Waals surface area contributed by atoms with Gasteiger partial charge in [0.25, 0.3) is 0 Å². The Kier molecular flexibility index (Phi) is 3.41. The molecule has 0 bridgehead atoms. The minimum atomic E-state index is 0.696. The van der Waals surface area contributed by atoms with Crippen LogP contribution in [-0.4, -0.2) is 22.4 Å². The van der Waals surface area contributed by atoms with Crippen molar-refractivity contribution < 1.29 is 0 Å². The first-order chi connectivity index (χ1) is 11.4. The summed E-state index contributed by atoms with van der Waals surface area (Å²) in [5, 5.41) is 10.6. The zero-order chi connectivity index (χ0) is 15.5. The summed E-state index contributed by atoms with van der Waals surface area (Å²) in [5.41, 5.74) is 2.94. The van der Waals surface area contributed by atoms with Gasteiger partial charge in [0.15, 0.2) is 5.82 Å².